The molecule has 0 saturated heterocycles. The van der Waals surface area contributed by atoms with Crippen molar-refractivity contribution in [2.45, 2.75) is 0 Å². The maximum Gasteiger partial charge on any atom is 0.0707 e. The van der Waals surface area contributed by atoms with Crippen molar-refractivity contribution in [1.29, 1.82) is 0 Å². The first-order valence-electron chi connectivity index (χ1n) is 4.02. The molecule has 0 spiro atoms. The molecule has 2 rings (SSSR count). The van der Waals surface area contributed by atoms with Gasteiger partial charge >= 0.3 is 0 Å². The molecule has 0 N–H and O–H groups in total. The number of pyridine rings is 1. The van der Waals surface area contributed by atoms with Crippen LogP contribution in [0.2, 0.25) is 0 Å². The third-order valence-electron chi connectivity index (χ3n) is 1.93. The summed E-state index contributed by atoms with van der Waals surface area (Å²) in [6.07, 6.45) is 3.84. The summed E-state index contributed by atoms with van der Waals surface area (Å²) in [4.78, 5) is 6.13. The Morgan fingerprint density at radius 2 is 2.00 bits per heavy atom. The number of halogens is 1. The molecule has 0 radical (unpaired) electrons. The third kappa shape index (κ3) is 1.63. The molecule has 1 aromatic heterocycles. The molecule has 64 valence electrons. The number of nitrogens with zero attached hydrogens (tertiary/aromatic N) is 1. The fourth-order valence-corrected chi connectivity index (χ4v) is 1.62. The number of rotatable bonds is 1. The summed E-state index contributed by atoms with van der Waals surface area (Å²) < 4.78 is 0. The van der Waals surface area contributed by atoms with Crippen molar-refractivity contribution in [1.82, 2.24) is 4.98 Å². The van der Waals surface area contributed by atoms with Crippen LogP contribution in [0.3, 0.4) is 0 Å². The van der Waals surface area contributed by atoms with E-state index in [9.17, 15) is 0 Å². The van der Waals surface area contributed by atoms with Gasteiger partial charge in [0.25, 0.3) is 0 Å². The summed E-state index contributed by atoms with van der Waals surface area (Å²) in [6, 6.07) is 10.1. The van der Waals surface area contributed by atoms with E-state index in [4.69, 9.17) is 0 Å². The van der Waals surface area contributed by atoms with Gasteiger partial charge in [0.05, 0.1) is 5.52 Å². The van der Waals surface area contributed by atoms with Crippen LogP contribution in [0.4, 0.5) is 0 Å². The van der Waals surface area contributed by atoms with Crippen molar-refractivity contribution < 1.29 is 0 Å². The van der Waals surface area contributed by atoms with Crippen molar-refractivity contribution in [3.63, 3.8) is 0 Å². The highest BCUT2D eigenvalue weighted by atomic mass is 79.9. The van der Waals surface area contributed by atoms with Gasteiger partial charge in [-0.05, 0) is 28.8 Å². The highest BCUT2D eigenvalue weighted by Crippen LogP contribution is 2.17. The molecule has 0 unspecified atom stereocenters. The normalized spacial score (nSPS) is 11.2. The van der Waals surface area contributed by atoms with Gasteiger partial charge < -0.3 is 0 Å². The van der Waals surface area contributed by atoms with Crippen LogP contribution in [0.1, 0.15) is 5.56 Å². The summed E-state index contributed by atoms with van der Waals surface area (Å²) >= 11 is 3.27. The molecule has 0 aliphatic rings. The minimum absolute atomic E-state index is 1.03. The lowest BCUT2D eigenvalue weighted by Gasteiger charge is -1.99. The van der Waals surface area contributed by atoms with E-state index in [0.29, 0.717) is 0 Å². The molecule has 1 aromatic carbocycles. The summed E-state index contributed by atoms with van der Waals surface area (Å²) in [5, 5.41) is 1.18. The second kappa shape index (κ2) is 3.71. The van der Waals surface area contributed by atoms with E-state index in [0.717, 1.165) is 5.52 Å². The first-order chi connectivity index (χ1) is 6.42. The average molecular weight is 234 g/mol. The standard InChI is InChI=1S/C11H8BrN/c12-7-5-9-6-8-13-11-4-2-1-3-10(9)11/h1-8H/b7-5+. The van der Waals surface area contributed by atoms with Crippen LogP contribution in [-0.4, -0.2) is 4.98 Å². The summed E-state index contributed by atoms with van der Waals surface area (Å²) in [5.74, 6) is 0. The minimum Gasteiger partial charge on any atom is -0.256 e. The number of hydrogen-bond acceptors (Lipinski definition) is 1. The van der Waals surface area contributed by atoms with E-state index in [1.165, 1.54) is 10.9 Å². The Morgan fingerprint density at radius 1 is 1.15 bits per heavy atom. The number of fused-ring (bicyclic) bond motifs is 1. The van der Waals surface area contributed by atoms with Crippen LogP contribution in [-0.2, 0) is 0 Å². The second-order valence-electron chi connectivity index (χ2n) is 2.71. The van der Waals surface area contributed by atoms with Gasteiger partial charge in [0, 0.05) is 11.6 Å². The molecule has 0 amide bonds. The topological polar surface area (TPSA) is 12.9 Å². The largest absolute Gasteiger partial charge is 0.256 e. The van der Waals surface area contributed by atoms with Gasteiger partial charge in [-0.15, -0.1) is 0 Å². The molecule has 2 aromatic rings. The van der Waals surface area contributed by atoms with Crippen LogP contribution in [0.5, 0.6) is 0 Å². The van der Waals surface area contributed by atoms with E-state index < -0.39 is 0 Å². The summed E-state index contributed by atoms with van der Waals surface area (Å²) in [6.45, 7) is 0. The highest BCUT2D eigenvalue weighted by molar-refractivity contribution is 9.11. The SMILES string of the molecule is Br/C=C/c1ccnc2ccccc12. The zero-order valence-corrected chi connectivity index (χ0v) is 8.53. The van der Waals surface area contributed by atoms with Crippen LogP contribution in [0.25, 0.3) is 17.0 Å². The monoisotopic (exact) mass is 233 g/mol. The van der Waals surface area contributed by atoms with Crippen molar-refractivity contribution in [2.75, 3.05) is 0 Å². The van der Waals surface area contributed by atoms with Crippen LogP contribution >= 0.6 is 15.9 Å². The maximum absolute atomic E-state index is 4.27. The van der Waals surface area contributed by atoms with Gasteiger partial charge in [-0.3, -0.25) is 4.98 Å². The minimum atomic E-state index is 1.03. The molecule has 0 saturated carbocycles. The smallest absolute Gasteiger partial charge is 0.0707 e. The number of hydrogen-bond donors (Lipinski definition) is 0. The van der Waals surface area contributed by atoms with E-state index in [-0.39, 0.29) is 0 Å². The Bertz CT molecular complexity index is 443. The predicted octanol–water partition coefficient (Wildman–Crippen LogP) is 3.60. The summed E-state index contributed by atoms with van der Waals surface area (Å²) in [5.41, 5.74) is 2.22. The first-order valence-corrected chi connectivity index (χ1v) is 4.94. The molecule has 0 atom stereocenters. The van der Waals surface area contributed by atoms with Crippen LogP contribution < -0.4 is 0 Å². The quantitative estimate of drug-likeness (QED) is 0.734. The molecule has 1 nitrogen and oxygen atoms in total. The second-order valence-corrected chi connectivity index (χ2v) is 3.24. The van der Waals surface area contributed by atoms with Gasteiger partial charge in [0.2, 0.25) is 0 Å². The van der Waals surface area contributed by atoms with Crippen molar-refractivity contribution >= 4 is 32.9 Å². The van der Waals surface area contributed by atoms with Gasteiger partial charge in [-0.25, -0.2) is 0 Å². The Balaban J connectivity index is 2.75. The van der Waals surface area contributed by atoms with Gasteiger partial charge in [-0.1, -0.05) is 34.1 Å². The number of benzene rings is 1. The van der Waals surface area contributed by atoms with E-state index in [1.807, 2.05) is 41.5 Å². The number of para-hydroxylation sites is 1. The molecule has 0 bridgehead atoms. The Morgan fingerprint density at radius 3 is 2.85 bits per heavy atom. The molecule has 2 heteroatoms. The molecule has 0 aliphatic heterocycles. The first kappa shape index (κ1) is 8.45. The molecule has 0 fully saturated rings. The van der Waals surface area contributed by atoms with Gasteiger partial charge in [0.1, 0.15) is 0 Å². The Labute approximate surface area is 85.2 Å². The lowest BCUT2D eigenvalue weighted by molar-refractivity contribution is 1.41. The lowest BCUT2D eigenvalue weighted by atomic mass is 10.1. The van der Waals surface area contributed by atoms with Crippen molar-refractivity contribution in [3.05, 3.63) is 47.1 Å². The molecule has 0 aliphatic carbocycles. The van der Waals surface area contributed by atoms with Crippen molar-refractivity contribution in [3.8, 4) is 0 Å². The van der Waals surface area contributed by atoms with Crippen LogP contribution in [0, 0.1) is 0 Å². The zero-order chi connectivity index (χ0) is 9.10. The van der Waals surface area contributed by atoms with Crippen LogP contribution in [0.15, 0.2) is 41.5 Å². The molecular formula is C11H8BrN. The zero-order valence-electron chi connectivity index (χ0n) is 6.94. The number of aromatic nitrogens is 1. The maximum atomic E-state index is 4.27. The lowest BCUT2D eigenvalue weighted by Crippen LogP contribution is -1.80. The van der Waals surface area contributed by atoms with Crippen molar-refractivity contribution in [2.24, 2.45) is 0 Å². The fraction of sp³-hybridized carbons (Fsp3) is 0. The van der Waals surface area contributed by atoms with Gasteiger partial charge in [-0.2, -0.15) is 0 Å². The van der Waals surface area contributed by atoms with Gasteiger partial charge in [0.15, 0.2) is 0 Å². The molecule has 1 heterocycles. The Kier molecular flexibility index (Phi) is 2.41. The summed E-state index contributed by atoms with van der Waals surface area (Å²) in [7, 11) is 0. The average Bonchev–Trinajstić information content (AvgIpc) is 2.19. The third-order valence-corrected chi connectivity index (χ3v) is 2.19. The Hall–Kier alpha value is -1.15. The fourth-order valence-electron chi connectivity index (χ4n) is 1.33. The van der Waals surface area contributed by atoms with E-state index >= 15 is 0 Å². The molecular weight excluding hydrogens is 226 g/mol. The van der Waals surface area contributed by atoms with E-state index in [1.54, 1.807) is 0 Å². The molecule has 13 heavy (non-hydrogen) atoms. The van der Waals surface area contributed by atoms with E-state index in [2.05, 4.69) is 27.0 Å². The predicted molar refractivity (Wildman–Crippen MR) is 59.7 cm³/mol. The highest BCUT2D eigenvalue weighted by Gasteiger charge is 1.96.